The van der Waals surface area contributed by atoms with E-state index in [1.807, 2.05) is 0 Å². The number of carbonyl (C=O) groups is 2. The molecular formula is C52H56N4O2S2+2. The Morgan fingerprint density at radius 2 is 0.917 bits per heavy atom. The molecule has 7 rings (SSSR count). The summed E-state index contributed by atoms with van der Waals surface area (Å²) < 4.78 is 4.57. The molecule has 2 aliphatic heterocycles. The quantitative estimate of drug-likeness (QED) is 0.104. The largest absolute Gasteiger partial charge is 0.374 e. The summed E-state index contributed by atoms with van der Waals surface area (Å²) >= 11 is 2.58. The lowest BCUT2D eigenvalue weighted by atomic mass is 9.81. The molecule has 0 fully saturated rings. The van der Waals surface area contributed by atoms with Crippen LogP contribution >= 0.6 is 23.5 Å². The molecule has 0 atom stereocenters. The third-order valence-corrected chi connectivity index (χ3v) is 13.8. The summed E-state index contributed by atoms with van der Waals surface area (Å²) in [6.45, 7) is 10.5. The van der Waals surface area contributed by atoms with Crippen LogP contribution in [0, 0.1) is 0 Å². The monoisotopic (exact) mass is 832 g/mol. The average Bonchev–Trinajstić information content (AvgIpc) is 3.58. The van der Waals surface area contributed by atoms with E-state index in [9.17, 15) is 9.59 Å². The normalized spacial score (nSPS) is 15.2. The number of hydrogen-bond donors (Lipinski definition) is 0. The molecule has 60 heavy (non-hydrogen) atoms. The van der Waals surface area contributed by atoms with Gasteiger partial charge in [-0.3, -0.25) is 9.59 Å². The first-order valence-corrected chi connectivity index (χ1v) is 22.6. The predicted molar refractivity (Wildman–Crippen MR) is 258 cm³/mol. The molecule has 0 bridgehead atoms. The van der Waals surface area contributed by atoms with Gasteiger partial charge in [-0.15, -0.1) is 0 Å². The van der Waals surface area contributed by atoms with Gasteiger partial charge in [0.15, 0.2) is 11.4 Å². The van der Waals surface area contributed by atoms with Gasteiger partial charge < -0.3 is 9.80 Å². The molecule has 0 saturated carbocycles. The summed E-state index contributed by atoms with van der Waals surface area (Å²) in [5, 5.41) is -0.0487. The number of anilines is 2. The Kier molecular flexibility index (Phi) is 12.8. The molecule has 0 spiro atoms. The van der Waals surface area contributed by atoms with Crippen LogP contribution in [-0.4, -0.2) is 83.6 Å². The number of para-hydroxylation sites is 2. The fraction of sp³-hybridized carbons (Fsp3) is 0.269. The van der Waals surface area contributed by atoms with Crippen LogP contribution in [0.3, 0.4) is 0 Å². The molecule has 5 aromatic rings. The Labute approximate surface area is 365 Å². The van der Waals surface area contributed by atoms with Gasteiger partial charge >= 0.3 is 0 Å². The molecule has 6 nitrogen and oxygen atoms in total. The second-order valence-corrected chi connectivity index (χ2v) is 18.9. The minimum atomic E-state index is -0.0582. The minimum Gasteiger partial charge on any atom is -0.374 e. The Balaban J connectivity index is 0.846. The van der Waals surface area contributed by atoms with Gasteiger partial charge in [-0.2, -0.15) is 9.15 Å². The molecule has 0 aromatic heterocycles. The molecule has 5 aromatic carbocycles. The number of rotatable bonds is 14. The van der Waals surface area contributed by atoms with Crippen LogP contribution in [-0.2, 0) is 10.8 Å². The van der Waals surface area contributed by atoms with Crippen LogP contribution in [0.4, 0.5) is 22.7 Å². The smallest absolute Gasteiger partial charge is 0.219 e. The summed E-state index contributed by atoms with van der Waals surface area (Å²) in [5.74, 6) is 1.27. The van der Waals surface area contributed by atoms with Crippen molar-refractivity contribution in [1.82, 2.24) is 0 Å². The maximum atomic E-state index is 13.2. The van der Waals surface area contributed by atoms with E-state index in [1.54, 1.807) is 24.3 Å². The van der Waals surface area contributed by atoms with Crippen molar-refractivity contribution >= 4 is 80.1 Å². The molecule has 0 unspecified atom stereocenters. The van der Waals surface area contributed by atoms with Crippen LogP contribution in [0.2, 0.25) is 0 Å². The second-order valence-electron chi connectivity index (χ2n) is 16.7. The van der Waals surface area contributed by atoms with E-state index in [1.165, 1.54) is 57.4 Å². The Hall–Kier alpha value is -5.44. The van der Waals surface area contributed by atoms with Crippen molar-refractivity contribution in [2.24, 2.45) is 0 Å². The number of thioether (sulfide) groups is 2. The topological polar surface area (TPSA) is 46.6 Å². The van der Waals surface area contributed by atoms with Crippen molar-refractivity contribution in [2.75, 3.05) is 62.6 Å². The molecule has 0 saturated heterocycles. The molecule has 0 amide bonds. The summed E-state index contributed by atoms with van der Waals surface area (Å²) in [5.41, 5.74) is 13.2. The first-order valence-electron chi connectivity index (χ1n) is 20.6. The highest BCUT2D eigenvalue weighted by Gasteiger charge is 2.43. The highest BCUT2D eigenvalue weighted by molar-refractivity contribution is 8.14. The summed E-state index contributed by atoms with van der Waals surface area (Å²) in [6.07, 6.45) is 8.83. The van der Waals surface area contributed by atoms with Crippen LogP contribution in [0.5, 0.6) is 0 Å². The lowest BCUT2D eigenvalue weighted by Gasteiger charge is -2.19. The van der Waals surface area contributed by atoms with E-state index in [-0.39, 0.29) is 21.1 Å². The highest BCUT2D eigenvalue weighted by atomic mass is 32.2. The molecule has 2 aliphatic rings. The van der Waals surface area contributed by atoms with Crippen molar-refractivity contribution in [3.63, 3.8) is 0 Å². The van der Waals surface area contributed by atoms with E-state index in [0.717, 1.165) is 22.5 Å². The van der Waals surface area contributed by atoms with E-state index in [2.05, 4.69) is 196 Å². The van der Waals surface area contributed by atoms with E-state index in [4.69, 9.17) is 0 Å². The van der Waals surface area contributed by atoms with Gasteiger partial charge in [0.1, 0.15) is 14.1 Å². The first-order chi connectivity index (χ1) is 28.8. The van der Waals surface area contributed by atoms with Gasteiger partial charge in [-0.05, 0) is 81.3 Å². The number of carbonyl (C=O) groups excluding carboxylic acids is 2. The Morgan fingerprint density at radius 1 is 0.533 bits per heavy atom. The standard InChI is InChI=1S/C52H56N4O2S2/c1-51(2)43-16-9-11-18-45(43)55(7)47(51)30-24-37-20-26-41(27-21-37)53(5)32-34-59-49(57)39-14-13-15-40(36-39)50(58)60-35-33-54(6)42-28-22-38(23-29-42)25-31-48-52(3,4)44-17-10-12-19-46(44)56(48)8/h9-31,36H,32-35H2,1-8H3/q+2. The van der Waals surface area contributed by atoms with Gasteiger partial charge in [-0.25, -0.2) is 0 Å². The van der Waals surface area contributed by atoms with Crippen molar-refractivity contribution in [1.29, 1.82) is 0 Å². The van der Waals surface area contributed by atoms with Crippen molar-refractivity contribution in [3.8, 4) is 0 Å². The van der Waals surface area contributed by atoms with E-state index in [0.29, 0.717) is 35.7 Å². The van der Waals surface area contributed by atoms with Crippen LogP contribution in [0.1, 0.15) is 70.7 Å². The second kappa shape index (κ2) is 18.0. The van der Waals surface area contributed by atoms with Gasteiger partial charge in [0.2, 0.25) is 21.6 Å². The van der Waals surface area contributed by atoms with Crippen molar-refractivity contribution < 1.29 is 18.7 Å². The SMILES string of the molecule is CN(CCSC(=O)c1cccc(C(=O)SCCN(C)c2ccc(/C=C/C3=[N+](C)c4ccccc4C3(C)C)cc2)c1)c1ccc(/C=C/C2=[N+](C)c3ccccc3C2(C)C)cc1. The molecule has 8 heteroatoms. The van der Waals surface area contributed by atoms with E-state index < -0.39 is 0 Å². The zero-order valence-electron chi connectivity index (χ0n) is 36.1. The molecule has 0 N–H and O–H groups in total. The van der Waals surface area contributed by atoms with Crippen LogP contribution in [0.15, 0.2) is 133 Å². The maximum absolute atomic E-state index is 13.2. The highest BCUT2D eigenvalue weighted by Crippen LogP contribution is 2.40. The minimum absolute atomic E-state index is 0.0244. The number of hydrogen-bond acceptors (Lipinski definition) is 6. The van der Waals surface area contributed by atoms with Crippen LogP contribution in [0.25, 0.3) is 12.2 Å². The van der Waals surface area contributed by atoms with Crippen molar-refractivity contribution in [3.05, 3.63) is 167 Å². The first kappa shape index (κ1) is 42.7. The van der Waals surface area contributed by atoms with Crippen LogP contribution < -0.4 is 9.80 Å². The Bertz CT molecular complexity index is 2360. The summed E-state index contributed by atoms with van der Waals surface area (Å²) in [4.78, 5) is 30.7. The zero-order valence-corrected chi connectivity index (χ0v) is 37.7. The molecular weight excluding hydrogens is 777 g/mol. The number of benzene rings is 5. The maximum Gasteiger partial charge on any atom is 0.219 e. The lowest BCUT2D eigenvalue weighted by Crippen LogP contribution is -2.26. The molecule has 0 radical (unpaired) electrons. The van der Waals surface area contributed by atoms with Gasteiger partial charge in [0.05, 0.1) is 10.8 Å². The van der Waals surface area contributed by atoms with Gasteiger partial charge in [0, 0.05) is 96.6 Å². The van der Waals surface area contributed by atoms with Gasteiger partial charge in [0.25, 0.3) is 0 Å². The zero-order chi connectivity index (χ0) is 42.6. The predicted octanol–water partition coefficient (Wildman–Crippen LogP) is 11.1. The Morgan fingerprint density at radius 3 is 1.30 bits per heavy atom. The van der Waals surface area contributed by atoms with Crippen molar-refractivity contribution in [2.45, 2.75) is 38.5 Å². The van der Waals surface area contributed by atoms with E-state index >= 15 is 0 Å². The molecule has 306 valence electrons. The summed E-state index contributed by atoms with van der Waals surface area (Å²) in [7, 11) is 8.38. The fourth-order valence-corrected chi connectivity index (χ4v) is 10.1. The third-order valence-electron chi connectivity index (χ3n) is 12.1. The van der Waals surface area contributed by atoms with Gasteiger partial charge in [-0.1, -0.05) is 102 Å². The number of nitrogens with zero attached hydrogens (tertiary/aromatic N) is 4. The fourth-order valence-electron chi connectivity index (χ4n) is 8.38. The third kappa shape index (κ3) is 9.01. The molecule has 2 heterocycles. The number of fused-ring (bicyclic) bond motifs is 2. The lowest BCUT2D eigenvalue weighted by molar-refractivity contribution is -0.401. The summed E-state index contributed by atoms with van der Waals surface area (Å²) in [6, 6.07) is 41.4. The average molecular weight is 833 g/mol. The number of allylic oxidation sites excluding steroid dienone is 2. The molecule has 0 aliphatic carbocycles.